The summed E-state index contributed by atoms with van der Waals surface area (Å²) in [6.07, 6.45) is 1.60. The standard InChI is InChI=1S/C19H14N2O2/c22-18(15-9-3-1-4-10-15)20-17-13-7-8-14-21(17)19(23)16-11-5-2-6-12-16/h1-14H. The van der Waals surface area contributed by atoms with Crippen LogP contribution in [0.3, 0.4) is 0 Å². The van der Waals surface area contributed by atoms with Crippen molar-refractivity contribution in [3.05, 3.63) is 102 Å². The number of pyridine rings is 1. The van der Waals surface area contributed by atoms with Gasteiger partial charge < -0.3 is 0 Å². The van der Waals surface area contributed by atoms with Gasteiger partial charge in [0.1, 0.15) is 5.49 Å². The van der Waals surface area contributed by atoms with Crippen LogP contribution in [0.25, 0.3) is 0 Å². The molecule has 0 atom stereocenters. The zero-order valence-corrected chi connectivity index (χ0v) is 12.3. The molecule has 3 rings (SSSR count). The summed E-state index contributed by atoms with van der Waals surface area (Å²) in [6.45, 7) is 0. The number of hydrogen-bond acceptors (Lipinski definition) is 2. The van der Waals surface area contributed by atoms with Crippen LogP contribution in [0.4, 0.5) is 0 Å². The van der Waals surface area contributed by atoms with Gasteiger partial charge in [-0.25, -0.2) is 0 Å². The van der Waals surface area contributed by atoms with Crippen LogP contribution < -0.4 is 5.49 Å². The quantitative estimate of drug-likeness (QED) is 0.731. The molecule has 1 heterocycles. The predicted molar refractivity (Wildman–Crippen MR) is 86.9 cm³/mol. The Morgan fingerprint density at radius 2 is 1.26 bits per heavy atom. The molecule has 3 aromatic rings. The number of amides is 1. The topological polar surface area (TPSA) is 51.4 Å². The van der Waals surface area contributed by atoms with E-state index in [2.05, 4.69) is 4.99 Å². The monoisotopic (exact) mass is 302 g/mol. The lowest BCUT2D eigenvalue weighted by atomic mass is 10.2. The van der Waals surface area contributed by atoms with Gasteiger partial charge in [0.2, 0.25) is 0 Å². The first-order chi connectivity index (χ1) is 11.3. The Labute approximate surface area is 133 Å². The van der Waals surface area contributed by atoms with Crippen molar-refractivity contribution < 1.29 is 9.59 Å². The highest BCUT2D eigenvalue weighted by atomic mass is 16.2. The Bertz CT molecular complexity index is 897. The molecule has 0 unspecified atom stereocenters. The van der Waals surface area contributed by atoms with E-state index in [1.54, 1.807) is 72.9 Å². The van der Waals surface area contributed by atoms with Gasteiger partial charge in [-0.3, -0.25) is 14.2 Å². The van der Waals surface area contributed by atoms with Crippen LogP contribution in [0.2, 0.25) is 0 Å². The number of benzene rings is 2. The third-order valence-electron chi connectivity index (χ3n) is 3.31. The maximum atomic E-state index is 12.6. The number of carbonyl (C=O) groups excluding carboxylic acids is 2. The van der Waals surface area contributed by atoms with E-state index in [0.29, 0.717) is 16.6 Å². The van der Waals surface area contributed by atoms with E-state index in [4.69, 9.17) is 0 Å². The Balaban J connectivity index is 2.03. The van der Waals surface area contributed by atoms with Gasteiger partial charge in [0.25, 0.3) is 11.8 Å². The van der Waals surface area contributed by atoms with Gasteiger partial charge in [-0.05, 0) is 36.4 Å². The number of carbonyl (C=O) groups is 2. The van der Waals surface area contributed by atoms with E-state index in [0.717, 1.165) is 0 Å². The minimum atomic E-state index is -0.383. The molecular weight excluding hydrogens is 288 g/mol. The van der Waals surface area contributed by atoms with Crippen molar-refractivity contribution in [2.75, 3.05) is 0 Å². The normalized spacial score (nSPS) is 11.2. The zero-order valence-electron chi connectivity index (χ0n) is 12.3. The van der Waals surface area contributed by atoms with E-state index < -0.39 is 0 Å². The smallest absolute Gasteiger partial charge is 0.268 e. The van der Waals surface area contributed by atoms with Crippen LogP contribution in [-0.2, 0) is 0 Å². The molecule has 0 N–H and O–H groups in total. The van der Waals surface area contributed by atoms with E-state index in [1.165, 1.54) is 4.57 Å². The Morgan fingerprint density at radius 3 is 1.91 bits per heavy atom. The fourth-order valence-electron chi connectivity index (χ4n) is 2.17. The number of nitrogens with zero attached hydrogens (tertiary/aromatic N) is 2. The maximum Gasteiger partial charge on any atom is 0.278 e. The summed E-state index contributed by atoms with van der Waals surface area (Å²) in [6, 6.07) is 22.8. The van der Waals surface area contributed by atoms with E-state index in [-0.39, 0.29) is 11.8 Å². The first-order valence-corrected chi connectivity index (χ1v) is 7.17. The first-order valence-electron chi connectivity index (χ1n) is 7.17. The summed E-state index contributed by atoms with van der Waals surface area (Å²) in [5.41, 5.74) is 1.32. The molecule has 112 valence electrons. The second-order valence-electron chi connectivity index (χ2n) is 4.88. The molecule has 0 radical (unpaired) electrons. The second-order valence-corrected chi connectivity index (χ2v) is 4.88. The number of rotatable bonds is 2. The Hall–Kier alpha value is -3.27. The van der Waals surface area contributed by atoms with Gasteiger partial charge in [0.05, 0.1) is 0 Å². The van der Waals surface area contributed by atoms with Crippen molar-refractivity contribution in [1.82, 2.24) is 4.57 Å². The van der Waals surface area contributed by atoms with Gasteiger partial charge in [0.15, 0.2) is 0 Å². The molecule has 0 fully saturated rings. The summed E-state index contributed by atoms with van der Waals surface area (Å²) in [7, 11) is 0. The fourth-order valence-corrected chi connectivity index (χ4v) is 2.17. The summed E-state index contributed by atoms with van der Waals surface area (Å²) in [5.74, 6) is -0.614. The molecule has 0 saturated carbocycles. The molecule has 23 heavy (non-hydrogen) atoms. The van der Waals surface area contributed by atoms with Gasteiger partial charge in [-0.1, -0.05) is 42.5 Å². The summed E-state index contributed by atoms with van der Waals surface area (Å²) in [5, 5.41) is 0. The van der Waals surface area contributed by atoms with E-state index >= 15 is 0 Å². The molecule has 0 aliphatic carbocycles. The molecule has 0 aliphatic heterocycles. The highest BCUT2D eigenvalue weighted by molar-refractivity contribution is 5.97. The molecule has 2 aromatic carbocycles. The third kappa shape index (κ3) is 3.32. The average Bonchev–Trinajstić information content (AvgIpc) is 2.63. The lowest BCUT2D eigenvalue weighted by molar-refractivity contribution is 0.0953. The maximum absolute atomic E-state index is 12.6. The van der Waals surface area contributed by atoms with Gasteiger partial charge in [0, 0.05) is 17.3 Å². The second kappa shape index (κ2) is 6.66. The minimum absolute atomic E-state index is 0.231. The Morgan fingerprint density at radius 1 is 0.696 bits per heavy atom. The van der Waals surface area contributed by atoms with Crippen LogP contribution in [0.1, 0.15) is 20.7 Å². The third-order valence-corrected chi connectivity index (χ3v) is 3.31. The van der Waals surface area contributed by atoms with Crippen molar-refractivity contribution in [3.8, 4) is 0 Å². The first kappa shape index (κ1) is 14.7. The highest BCUT2D eigenvalue weighted by Crippen LogP contribution is 2.02. The van der Waals surface area contributed by atoms with Crippen molar-refractivity contribution in [3.63, 3.8) is 0 Å². The highest BCUT2D eigenvalue weighted by Gasteiger charge is 2.09. The van der Waals surface area contributed by atoms with Gasteiger partial charge >= 0.3 is 0 Å². The minimum Gasteiger partial charge on any atom is -0.268 e. The van der Waals surface area contributed by atoms with E-state index in [9.17, 15) is 9.59 Å². The summed E-state index contributed by atoms with van der Waals surface area (Å²) < 4.78 is 1.37. The van der Waals surface area contributed by atoms with Crippen molar-refractivity contribution in [1.29, 1.82) is 0 Å². The average molecular weight is 302 g/mol. The van der Waals surface area contributed by atoms with Crippen molar-refractivity contribution in [2.24, 2.45) is 4.99 Å². The van der Waals surface area contributed by atoms with Gasteiger partial charge in [-0.2, -0.15) is 4.99 Å². The molecule has 0 spiro atoms. The predicted octanol–water partition coefficient (Wildman–Crippen LogP) is 2.92. The molecule has 1 amide bonds. The summed E-state index contributed by atoms with van der Waals surface area (Å²) in [4.78, 5) is 28.9. The lowest BCUT2D eigenvalue weighted by Crippen LogP contribution is -2.28. The van der Waals surface area contributed by atoms with Crippen LogP contribution >= 0.6 is 0 Å². The number of hydrogen-bond donors (Lipinski definition) is 0. The number of aromatic nitrogens is 1. The zero-order chi connectivity index (χ0) is 16.1. The van der Waals surface area contributed by atoms with Gasteiger partial charge in [-0.15, -0.1) is 0 Å². The van der Waals surface area contributed by atoms with Crippen LogP contribution in [0.5, 0.6) is 0 Å². The molecule has 0 aliphatic rings. The van der Waals surface area contributed by atoms with Crippen LogP contribution in [-0.4, -0.2) is 16.4 Å². The SMILES string of the molecule is O=C(N=c1ccccn1C(=O)c1ccccc1)c1ccccc1. The van der Waals surface area contributed by atoms with E-state index in [1.807, 2.05) is 12.1 Å². The summed E-state index contributed by atoms with van der Waals surface area (Å²) >= 11 is 0. The largest absolute Gasteiger partial charge is 0.278 e. The lowest BCUT2D eigenvalue weighted by Gasteiger charge is -2.05. The fraction of sp³-hybridized carbons (Fsp3) is 0. The molecule has 4 nitrogen and oxygen atoms in total. The molecule has 0 saturated heterocycles. The van der Waals surface area contributed by atoms with Crippen LogP contribution in [0.15, 0.2) is 90.1 Å². The molecule has 4 heteroatoms. The van der Waals surface area contributed by atoms with Crippen molar-refractivity contribution >= 4 is 11.8 Å². The van der Waals surface area contributed by atoms with Crippen LogP contribution in [0, 0.1) is 0 Å². The Kier molecular flexibility index (Phi) is 4.25. The van der Waals surface area contributed by atoms with Crippen molar-refractivity contribution in [2.45, 2.75) is 0 Å². The molecule has 1 aromatic heterocycles. The molecular formula is C19H14N2O2. The molecule has 0 bridgehead atoms.